The van der Waals surface area contributed by atoms with E-state index in [2.05, 4.69) is 0 Å². The predicted molar refractivity (Wildman–Crippen MR) is 50.7 cm³/mol. The summed E-state index contributed by atoms with van der Waals surface area (Å²) in [4.78, 5) is 10.9. The van der Waals surface area contributed by atoms with Crippen LogP contribution in [0.2, 0.25) is 0 Å². The highest BCUT2D eigenvalue weighted by atomic mass is 16.6. The summed E-state index contributed by atoms with van der Waals surface area (Å²) in [6.45, 7) is 2.62. The van der Waals surface area contributed by atoms with Gasteiger partial charge >= 0.3 is 5.97 Å². The average Bonchev–Trinajstić information content (AvgIpc) is 2.20. The van der Waals surface area contributed by atoms with Crippen LogP contribution in [0.3, 0.4) is 0 Å². The summed E-state index contributed by atoms with van der Waals surface area (Å²) in [7, 11) is 0. The average molecular weight is 200 g/mol. The van der Waals surface area contributed by atoms with Crippen LogP contribution in [0, 0.1) is 0 Å². The van der Waals surface area contributed by atoms with Crippen molar-refractivity contribution in [1.82, 2.24) is 0 Å². The van der Waals surface area contributed by atoms with Gasteiger partial charge in [-0.1, -0.05) is 0 Å². The lowest BCUT2D eigenvalue weighted by Crippen LogP contribution is -2.22. The minimum absolute atomic E-state index is 0.0113. The molecule has 0 radical (unpaired) electrons. The first kappa shape index (κ1) is 11.0. The van der Waals surface area contributed by atoms with E-state index in [0.29, 0.717) is 13.2 Å². The van der Waals surface area contributed by atoms with Gasteiger partial charge in [-0.2, -0.15) is 0 Å². The lowest BCUT2D eigenvalue weighted by Gasteiger charge is -2.18. The number of ether oxygens (including phenoxy) is 3. The molecule has 4 heteroatoms. The normalized spacial score (nSPS) is 20.2. The Labute approximate surface area is 83.8 Å². The van der Waals surface area contributed by atoms with Crippen molar-refractivity contribution in [1.29, 1.82) is 0 Å². The minimum Gasteiger partial charge on any atom is -0.496 e. The van der Waals surface area contributed by atoms with Gasteiger partial charge in [0.15, 0.2) is 0 Å². The second-order valence-electron chi connectivity index (χ2n) is 3.03. The van der Waals surface area contributed by atoms with Gasteiger partial charge in [0, 0.05) is 0 Å². The molecular weight excluding hydrogens is 184 g/mol. The van der Waals surface area contributed by atoms with Crippen molar-refractivity contribution in [2.75, 3.05) is 19.8 Å². The Bertz CT molecular complexity index is 200. The Hall–Kier alpha value is -1.03. The first-order valence-corrected chi connectivity index (χ1v) is 4.86. The SMILES string of the molecule is CCOC(=O)COCC1CCC=CO1. The molecule has 0 amide bonds. The third-order valence-corrected chi connectivity index (χ3v) is 1.85. The largest absolute Gasteiger partial charge is 0.496 e. The molecule has 1 unspecified atom stereocenters. The number of carbonyl (C=O) groups is 1. The van der Waals surface area contributed by atoms with Crippen molar-refractivity contribution in [2.24, 2.45) is 0 Å². The molecule has 14 heavy (non-hydrogen) atoms. The molecule has 0 saturated heterocycles. The zero-order valence-corrected chi connectivity index (χ0v) is 8.40. The molecule has 0 bridgehead atoms. The van der Waals surface area contributed by atoms with Gasteiger partial charge in [-0.15, -0.1) is 0 Å². The first-order chi connectivity index (χ1) is 6.83. The third kappa shape index (κ3) is 4.28. The molecule has 1 aliphatic rings. The van der Waals surface area contributed by atoms with Crippen molar-refractivity contribution in [2.45, 2.75) is 25.9 Å². The van der Waals surface area contributed by atoms with E-state index in [1.54, 1.807) is 13.2 Å². The van der Waals surface area contributed by atoms with Gasteiger partial charge in [0.05, 0.1) is 19.5 Å². The topological polar surface area (TPSA) is 44.8 Å². The van der Waals surface area contributed by atoms with Crippen LogP contribution in [0.5, 0.6) is 0 Å². The molecule has 0 aliphatic carbocycles. The molecule has 0 spiro atoms. The molecule has 0 aromatic carbocycles. The summed E-state index contributed by atoms with van der Waals surface area (Å²) < 4.78 is 15.1. The maximum atomic E-state index is 10.9. The zero-order chi connectivity index (χ0) is 10.2. The summed E-state index contributed by atoms with van der Waals surface area (Å²) in [6.07, 6.45) is 5.69. The van der Waals surface area contributed by atoms with Crippen LogP contribution in [-0.4, -0.2) is 31.9 Å². The molecular formula is C10H16O4. The van der Waals surface area contributed by atoms with Crippen molar-refractivity contribution in [3.63, 3.8) is 0 Å². The van der Waals surface area contributed by atoms with E-state index in [4.69, 9.17) is 14.2 Å². The number of hydrogen-bond donors (Lipinski definition) is 0. The predicted octanol–water partition coefficient (Wildman–Crippen LogP) is 1.26. The standard InChI is InChI=1S/C10H16O4/c1-2-13-10(11)8-12-7-9-5-3-4-6-14-9/h4,6,9H,2-3,5,7-8H2,1H3. The number of allylic oxidation sites excluding steroid dienone is 1. The Balaban J connectivity index is 2.03. The molecule has 0 aromatic heterocycles. The lowest BCUT2D eigenvalue weighted by molar-refractivity contribution is -0.149. The molecule has 0 N–H and O–H groups in total. The monoisotopic (exact) mass is 200 g/mol. The van der Waals surface area contributed by atoms with E-state index in [-0.39, 0.29) is 18.7 Å². The summed E-state index contributed by atoms with van der Waals surface area (Å²) in [6, 6.07) is 0. The molecule has 0 aromatic rings. The van der Waals surface area contributed by atoms with Crippen LogP contribution in [0.25, 0.3) is 0 Å². The highest BCUT2D eigenvalue weighted by Gasteiger charge is 2.11. The molecule has 1 heterocycles. The van der Waals surface area contributed by atoms with E-state index in [1.165, 1.54) is 0 Å². The van der Waals surface area contributed by atoms with Crippen LogP contribution in [0.1, 0.15) is 19.8 Å². The number of hydrogen-bond acceptors (Lipinski definition) is 4. The summed E-state index contributed by atoms with van der Waals surface area (Å²) >= 11 is 0. The molecule has 4 nitrogen and oxygen atoms in total. The molecule has 1 aliphatic heterocycles. The number of rotatable bonds is 5. The smallest absolute Gasteiger partial charge is 0.332 e. The van der Waals surface area contributed by atoms with Gasteiger partial charge in [-0.05, 0) is 25.8 Å². The summed E-state index contributed by atoms with van der Waals surface area (Å²) in [5.74, 6) is -0.321. The second kappa shape index (κ2) is 6.43. The van der Waals surface area contributed by atoms with E-state index in [0.717, 1.165) is 12.8 Å². The Kier molecular flexibility index (Phi) is 5.07. The van der Waals surface area contributed by atoms with E-state index in [1.807, 2.05) is 6.08 Å². The first-order valence-electron chi connectivity index (χ1n) is 4.86. The van der Waals surface area contributed by atoms with E-state index >= 15 is 0 Å². The van der Waals surface area contributed by atoms with Crippen LogP contribution >= 0.6 is 0 Å². The molecule has 1 atom stereocenters. The zero-order valence-electron chi connectivity index (χ0n) is 8.40. The van der Waals surface area contributed by atoms with Crippen LogP contribution in [-0.2, 0) is 19.0 Å². The van der Waals surface area contributed by atoms with Crippen molar-refractivity contribution < 1.29 is 19.0 Å². The minimum atomic E-state index is -0.321. The number of carbonyl (C=O) groups excluding carboxylic acids is 1. The lowest BCUT2D eigenvalue weighted by atomic mass is 10.2. The third-order valence-electron chi connectivity index (χ3n) is 1.85. The van der Waals surface area contributed by atoms with Gasteiger partial charge in [-0.25, -0.2) is 4.79 Å². The van der Waals surface area contributed by atoms with Gasteiger partial charge in [0.2, 0.25) is 0 Å². The fourth-order valence-electron chi connectivity index (χ4n) is 1.18. The second-order valence-corrected chi connectivity index (χ2v) is 3.03. The summed E-state index contributed by atoms with van der Waals surface area (Å²) in [5.41, 5.74) is 0. The van der Waals surface area contributed by atoms with Crippen molar-refractivity contribution in [3.8, 4) is 0 Å². The van der Waals surface area contributed by atoms with E-state index in [9.17, 15) is 4.79 Å². The highest BCUT2D eigenvalue weighted by molar-refractivity contribution is 5.70. The maximum absolute atomic E-state index is 10.9. The maximum Gasteiger partial charge on any atom is 0.332 e. The van der Waals surface area contributed by atoms with Gasteiger partial charge in [0.25, 0.3) is 0 Å². The van der Waals surface area contributed by atoms with Crippen molar-refractivity contribution >= 4 is 5.97 Å². The molecule has 80 valence electrons. The fourth-order valence-corrected chi connectivity index (χ4v) is 1.18. The van der Waals surface area contributed by atoms with Gasteiger partial charge < -0.3 is 14.2 Å². The highest BCUT2D eigenvalue weighted by Crippen LogP contribution is 2.10. The van der Waals surface area contributed by atoms with Gasteiger partial charge in [-0.3, -0.25) is 0 Å². The fraction of sp³-hybridized carbons (Fsp3) is 0.700. The molecule has 0 saturated carbocycles. The molecule has 0 fully saturated rings. The Morgan fingerprint density at radius 2 is 2.50 bits per heavy atom. The number of esters is 1. The van der Waals surface area contributed by atoms with Crippen LogP contribution in [0.15, 0.2) is 12.3 Å². The quantitative estimate of drug-likeness (QED) is 0.627. The Morgan fingerprint density at radius 3 is 3.14 bits per heavy atom. The summed E-state index contributed by atoms with van der Waals surface area (Å²) in [5, 5.41) is 0. The van der Waals surface area contributed by atoms with Crippen LogP contribution in [0.4, 0.5) is 0 Å². The van der Waals surface area contributed by atoms with E-state index < -0.39 is 0 Å². The van der Waals surface area contributed by atoms with Gasteiger partial charge in [0.1, 0.15) is 12.7 Å². The Morgan fingerprint density at radius 1 is 1.64 bits per heavy atom. The van der Waals surface area contributed by atoms with Crippen LogP contribution < -0.4 is 0 Å². The van der Waals surface area contributed by atoms with Crippen molar-refractivity contribution in [3.05, 3.63) is 12.3 Å². The molecule has 1 rings (SSSR count).